The van der Waals surface area contributed by atoms with Gasteiger partial charge in [-0.2, -0.15) is 0 Å². The maximum atomic E-state index is 11.1. The Balaban J connectivity index is 1.93. The van der Waals surface area contributed by atoms with Gasteiger partial charge in [-0.15, -0.1) is 30.1 Å². The number of hydrogen-bond acceptors (Lipinski definition) is 8. The number of methoxy groups -OCH3 is 1. The topological polar surface area (TPSA) is 88.4 Å². The molecule has 0 amide bonds. The van der Waals surface area contributed by atoms with Crippen LogP contribution in [0.4, 0.5) is 0 Å². The average Bonchev–Trinajstić information content (AvgIpc) is 2.76. The maximum Gasteiger partial charge on any atom is 0.193 e. The van der Waals surface area contributed by atoms with E-state index in [1.165, 1.54) is 0 Å². The van der Waals surface area contributed by atoms with Gasteiger partial charge in [-0.3, -0.25) is 0 Å². The number of fused-ring (bicyclic) bond motifs is 1. The second-order valence-electron chi connectivity index (χ2n) is 8.88. The van der Waals surface area contributed by atoms with Gasteiger partial charge in [0.15, 0.2) is 5.79 Å². The van der Waals surface area contributed by atoms with E-state index in [1.54, 1.807) is 13.2 Å². The molecule has 3 aliphatic rings. The Labute approximate surface area is 189 Å². The van der Waals surface area contributed by atoms with Gasteiger partial charge in [-0.25, -0.2) is 0 Å². The van der Waals surface area contributed by atoms with Crippen LogP contribution in [0.1, 0.15) is 46.0 Å². The fraction of sp³-hybridized carbons (Fsp3) is 0.909. The molecule has 8 atom stereocenters. The third kappa shape index (κ3) is 4.62. The van der Waals surface area contributed by atoms with Crippen LogP contribution in [0.2, 0.25) is 0 Å². The molecule has 30 heavy (non-hydrogen) atoms. The van der Waals surface area contributed by atoms with Crippen molar-refractivity contribution >= 4 is 23.5 Å². The number of aliphatic hydroxyl groups excluding tert-OH is 3. The highest BCUT2D eigenvalue weighted by Crippen LogP contribution is 2.61. The van der Waals surface area contributed by atoms with E-state index in [0.29, 0.717) is 25.2 Å². The van der Waals surface area contributed by atoms with Gasteiger partial charge < -0.3 is 29.5 Å². The molecule has 6 nitrogen and oxygen atoms in total. The summed E-state index contributed by atoms with van der Waals surface area (Å²) >= 11 is 3.81. The number of rotatable bonds is 7. The summed E-state index contributed by atoms with van der Waals surface area (Å²) in [5, 5.41) is 31.3. The molecule has 0 saturated carbocycles. The highest BCUT2D eigenvalue weighted by molar-refractivity contribution is 8.18. The Hall–Kier alpha value is 0.200. The first-order chi connectivity index (χ1) is 14.3. The largest absolute Gasteiger partial charge is 0.396 e. The molecule has 0 aromatic carbocycles. The van der Waals surface area contributed by atoms with Gasteiger partial charge >= 0.3 is 0 Å². The summed E-state index contributed by atoms with van der Waals surface area (Å²) in [5.41, 5.74) is 0. The molecule has 0 aromatic heterocycles. The monoisotopic (exact) mass is 462 g/mol. The van der Waals surface area contributed by atoms with E-state index in [4.69, 9.17) is 14.2 Å². The number of hydrogen-bond donors (Lipinski definition) is 3. The minimum atomic E-state index is -1.12. The van der Waals surface area contributed by atoms with Crippen molar-refractivity contribution in [1.29, 1.82) is 0 Å². The molecule has 174 valence electrons. The molecule has 3 saturated heterocycles. The van der Waals surface area contributed by atoms with Gasteiger partial charge in [-0.1, -0.05) is 19.9 Å². The van der Waals surface area contributed by atoms with Gasteiger partial charge in [0.05, 0.1) is 18.3 Å². The lowest BCUT2D eigenvalue weighted by Gasteiger charge is -2.60. The van der Waals surface area contributed by atoms with Gasteiger partial charge in [0.1, 0.15) is 16.3 Å². The van der Waals surface area contributed by atoms with Crippen LogP contribution in [-0.2, 0) is 14.2 Å². The van der Waals surface area contributed by atoms with E-state index in [9.17, 15) is 15.3 Å². The smallest absolute Gasteiger partial charge is 0.193 e. The number of aliphatic hydroxyl groups is 3. The van der Waals surface area contributed by atoms with Gasteiger partial charge in [0.25, 0.3) is 0 Å². The maximum absolute atomic E-state index is 11.1. The zero-order valence-corrected chi connectivity index (χ0v) is 20.0. The molecule has 3 N–H and O–H groups in total. The normalized spacial score (nSPS) is 39.5. The lowest BCUT2D eigenvalue weighted by atomic mass is 9.83. The first-order valence-corrected chi connectivity index (χ1v) is 13.1. The molecule has 0 bridgehead atoms. The van der Waals surface area contributed by atoms with Gasteiger partial charge in [0, 0.05) is 26.1 Å². The Bertz CT molecular complexity index is 572. The van der Waals surface area contributed by atoms with Crippen LogP contribution >= 0.6 is 23.5 Å². The summed E-state index contributed by atoms with van der Waals surface area (Å²) in [6.07, 6.45) is 2.38. The summed E-state index contributed by atoms with van der Waals surface area (Å²) < 4.78 is 18.8. The first kappa shape index (κ1) is 24.8. The van der Waals surface area contributed by atoms with Crippen LogP contribution in [0.25, 0.3) is 0 Å². The number of ether oxygens (including phenoxy) is 3. The Morgan fingerprint density at radius 2 is 1.97 bits per heavy atom. The van der Waals surface area contributed by atoms with Crippen molar-refractivity contribution in [1.82, 2.24) is 0 Å². The summed E-state index contributed by atoms with van der Waals surface area (Å²) in [4.78, 5) is 0. The highest BCUT2D eigenvalue weighted by Gasteiger charge is 2.64. The van der Waals surface area contributed by atoms with Gasteiger partial charge in [-0.05, 0) is 43.1 Å². The van der Waals surface area contributed by atoms with Crippen molar-refractivity contribution in [2.75, 3.05) is 25.2 Å². The molecule has 3 fully saturated rings. The third-order valence-electron chi connectivity index (χ3n) is 6.87. The second kappa shape index (κ2) is 10.4. The minimum Gasteiger partial charge on any atom is -0.396 e. The molecule has 3 heterocycles. The SMILES string of the molecule is C=C[C@@H](C)[C@@H](O)[C@@H](O)[C@@H]1O[C@]2(CC[C@H]1OC)O[C@@H](CCO)[C@H](C)CC21SCCCS1. The van der Waals surface area contributed by atoms with E-state index < -0.39 is 24.1 Å². The van der Waals surface area contributed by atoms with E-state index in [-0.39, 0.29) is 28.8 Å². The molecule has 3 rings (SSSR count). The lowest BCUT2D eigenvalue weighted by Crippen LogP contribution is -2.68. The molecule has 0 aliphatic carbocycles. The number of thioether (sulfide) groups is 2. The van der Waals surface area contributed by atoms with Crippen LogP contribution < -0.4 is 0 Å². The second-order valence-corrected chi connectivity index (χ2v) is 11.9. The molecule has 0 aromatic rings. The van der Waals surface area contributed by atoms with Crippen LogP contribution in [0, 0.1) is 11.8 Å². The summed E-state index contributed by atoms with van der Waals surface area (Å²) in [5.74, 6) is 1.25. The van der Waals surface area contributed by atoms with Crippen LogP contribution in [0.5, 0.6) is 0 Å². The van der Waals surface area contributed by atoms with Crippen molar-refractivity contribution in [3.8, 4) is 0 Å². The molecule has 8 heteroatoms. The zero-order valence-electron chi connectivity index (χ0n) is 18.4. The fourth-order valence-electron chi connectivity index (χ4n) is 4.95. The predicted molar refractivity (Wildman–Crippen MR) is 122 cm³/mol. The molecular weight excluding hydrogens is 424 g/mol. The third-order valence-corrected chi connectivity index (χ3v) is 10.5. The summed E-state index contributed by atoms with van der Waals surface area (Å²) in [7, 11) is 1.62. The van der Waals surface area contributed by atoms with Crippen molar-refractivity contribution in [2.45, 2.75) is 86.3 Å². The lowest BCUT2D eigenvalue weighted by molar-refractivity contribution is -0.354. The highest BCUT2D eigenvalue weighted by atomic mass is 32.2. The summed E-state index contributed by atoms with van der Waals surface area (Å²) in [6, 6.07) is 0. The molecular formula is C22H38O6S2. The Morgan fingerprint density at radius 3 is 2.57 bits per heavy atom. The van der Waals surface area contributed by atoms with E-state index in [2.05, 4.69) is 13.5 Å². The van der Waals surface area contributed by atoms with Crippen molar-refractivity contribution in [3.63, 3.8) is 0 Å². The van der Waals surface area contributed by atoms with E-state index >= 15 is 0 Å². The van der Waals surface area contributed by atoms with Crippen molar-refractivity contribution in [3.05, 3.63) is 12.7 Å². The van der Waals surface area contributed by atoms with E-state index in [1.807, 2.05) is 30.4 Å². The summed E-state index contributed by atoms with van der Waals surface area (Å²) in [6.45, 7) is 7.82. The van der Waals surface area contributed by atoms with Crippen LogP contribution in [-0.4, -0.2) is 80.9 Å². The van der Waals surface area contributed by atoms with Crippen molar-refractivity contribution < 1.29 is 29.5 Å². The molecule has 3 aliphatic heterocycles. The molecule has 0 unspecified atom stereocenters. The van der Waals surface area contributed by atoms with Gasteiger partial charge in [0.2, 0.25) is 0 Å². The quantitative estimate of drug-likeness (QED) is 0.498. The first-order valence-electron chi connectivity index (χ1n) is 11.1. The zero-order chi connectivity index (χ0) is 21.9. The Morgan fingerprint density at radius 1 is 1.27 bits per heavy atom. The van der Waals surface area contributed by atoms with Crippen LogP contribution in [0.15, 0.2) is 12.7 Å². The molecule has 0 radical (unpaired) electrons. The predicted octanol–water partition coefficient (Wildman–Crippen LogP) is 2.79. The van der Waals surface area contributed by atoms with Crippen LogP contribution in [0.3, 0.4) is 0 Å². The Kier molecular flexibility index (Phi) is 8.63. The molecule has 2 spiro atoms. The van der Waals surface area contributed by atoms with Crippen molar-refractivity contribution in [2.24, 2.45) is 11.8 Å². The fourth-order valence-corrected chi connectivity index (χ4v) is 8.80. The standard InChI is InChI=1S/C22H38O6S2/c1-5-14(2)18(24)19(25)20-17(26-4)7-9-21(28-20)22(29-11-6-12-30-22)13-15(3)16(27-21)8-10-23/h5,14-20,23-25H,1,6-13H2,2-4H3/t14-,15-,16+,17-,18-,19-,20-,21+/m1/s1. The minimum absolute atomic E-state index is 0.0701. The average molecular weight is 463 g/mol. The van der Waals surface area contributed by atoms with E-state index in [0.717, 1.165) is 24.3 Å².